The number of hydrogen-bond acceptors (Lipinski definition) is 6. The van der Waals surface area contributed by atoms with Crippen molar-refractivity contribution in [3.8, 4) is 12.3 Å². The van der Waals surface area contributed by atoms with E-state index in [9.17, 15) is 18.2 Å². The predicted molar refractivity (Wildman–Crippen MR) is 72.4 cm³/mol. The van der Waals surface area contributed by atoms with Crippen LogP contribution >= 0.6 is 0 Å². The molecule has 1 fully saturated rings. The van der Waals surface area contributed by atoms with E-state index in [-0.39, 0.29) is 37.3 Å². The average molecular weight is 314 g/mol. The molecule has 2 rings (SSSR count). The number of pyridine rings is 1. The van der Waals surface area contributed by atoms with Crippen LogP contribution in [0.3, 0.4) is 0 Å². The Balaban J connectivity index is 2.05. The summed E-state index contributed by atoms with van der Waals surface area (Å²) in [6.07, 6.45) is 5.66. The van der Waals surface area contributed by atoms with Gasteiger partial charge in [0.05, 0.1) is 11.0 Å². The lowest BCUT2D eigenvalue weighted by Crippen LogP contribution is -2.53. The van der Waals surface area contributed by atoms with Crippen molar-refractivity contribution in [2.24, 2.45) is 4.36 Å². The topological polar surface area (TPSA) is 97.9 Å². The number of rotatable bonds is 5. The molecule has 1 aliphatic heterocycles. The molecule has 0 bridgehead atoms. The monoisotopic (exact) mass is 314 g/mol. The number of halogens is 1. The lowest BCUT2D eigenvalue weighted by atomic mass is 10.2. The van der Waals surface area contributed by atoms with Crippen molar-refractivity contribution in [3.63, 3.8) is 0 Å². The average Bonchev–Trinajstić information content (AvgIpc) is 2.36. The molecule has 0 N–H and O–H groups in total. The van der Waals surface area contributed by atoms with Crippen LogP contribution in [0.2, 0.25) is 0 Å². The number of terminal acetylenes is 1. The highest BCUT2D eigenvalue weighted by Gasteiger charge is 2.35. The first-order valence-electron chi connectivity index (χ1n) is 5.80. The molecule has 1 saturated heterocycles. The van der Waals surface area contributed by atoms with E-state index in [1.54, 1.807) is 0 Å². The highest BCUT2D eigenvalue weighted by atomic mass is 32.3. The van der Waals surface area contributed by atoms with Gasteiger partial charge < -0.3 is 4.74 Å². The SMILES string of the molecule is C#CCOC1CN(S(=O)(F)=Nc2ccc([N+](=O)[O-])cn2)C1. The standard InChI is InChI=1S/C11H11FN4O4S/c1-2-5-20-10-7-15(8-10)21(12,19)14-11-4-3-9(6-13-11)16(17)18/h1,3-4,6,10H,5,7-8H2. The summed E-state index contributed by atoms with van der Waals surface area (Å²) in [6.45, 7) is 0.314. The third-order valence-corrected chi connectivity index (χ3v) is 4.03. The van der Waals surface area contributed by atoms with Crippen LogP contribution in [-0.2, 0) is 15.0 Å². The van der Waals surface area contributed by atoms with Gasteiger partial charge in [0.2, 0.25) is 0 Å². The second kappa shape index (κ2) is 6.13. The number of aromatic nitrogens is 1. The van der Waals surface area contributed by atoms with Gasteiger partial charge in [0.25, 0.3) is 16.0 Å². The lowest BCUT2D eigenvalue weighted by Gasteiger charge is -2.36. The van der Waals surface area contributed by atoms with E-state index in [1.165, 1.54) is 0 Å². The van der Waals surface area contributed by atoms with Crippen LogP contribution in [0.15, 0.2) is 22.7 Å². The number of ether oxygens (including phenoxy) is 1. The first-order chi connectivity index (χ1) is 9.92. The molecule has 1 aliphatic rings. The zero-order chi connectivity index (χ0) is 15.5. The third-order valence-electron chi connectivity index (χ3n) is 2.68. The first-order valence-corrected chi connectivity index (χ1v) is 7.17. The summed E-state index contributed by atoms with van der Waals surface area (Å²) in [5.74, 6) is 2.10. The molecule has 0 radical (unpaired) electrons. The van der Waals surface area contributed by atoms with Gasteiger partial charge in [-0.2, -0.15) is 8.51 Å². The summed E-state index contributed by atoms with van der Waals surface area (Å²) in [6, 6.07) is 2.24. The summed E-state index contributed by atoms with van der Waals surface area (Å²) in [5, 5.41) is 10.5. The molecule has 0 spiro atoms. The molecular weight excluding hydrogens is 303 g/mol. The van der Waals surface area contributed by atoms with Gasteiger partial charge in [-0.25, -0.2) is 4.98 Å². The van der Waals surface area contributed by atoms with Crippen molar-refractivity contribution < 1.29 is 17.8 Å². The highest BCUT2D eigenvalue weighted by molar-refractivity contribution is 7.86. The van der Waals surface area contributed by atoms with Gasteiger partial charge in [0.15, 0.2) is 5.82 Å². The summed E-state index contributed by atoms with van der Waals surface area (Å²) in [5.41, 5.74) is -0.258. The van der Waals surface area contributed by atoms with Crippen LogP contribution in [0, 0.1) is 22.5 Å². The quantitative estimate of drug-likeness (QED) is 0.352. The molecule has 0 amide bonds. The van der Waals surface area contributed by atoms with Crippen molar-refractivity contribution in [3.05, 3.63) is 28.4 Å². The predicted octanol–water partition coefficient (Wildman–Crippen LogP) is 1.22. The molecule has 8 nitrogen and oxygen atoms in total. The van der Waals surface area contributed by atoms with E-state index in [4.69, 9.17) is 11.2 Å². The Labute approximate surface area is 120 Å². The molecule has 0 aromatic carbocycles. The second-order valence-electron chi connectivity index (χ2n) is 4.14. The Morgan fingerprint density at radius 1 is 1.67 bits per heavy atom. The number of hydrogen-bond donors (Lipinski definition) is 0. The molecule has 10 heteroatoms. The van der Waals surface area contributed by atoms with Crippen LogP contribution < -0.4 is 0 Å². The molecule has 21 heavy (non-hydrogen) atoms. The van der Waals surface area contributed by atoms with Crippen LogP contribution in [0.1, 0.15) is 0 Å². The Morgan fingerprint density at radius 3 is 2.90 bits per heavy atom. The summed E-state index contributed by atoms with van der Waals surface area (Å²) >= 11 is 0. The van der Waals surface area contributed by atoms with E-state index in [1.807, 2.05) is 0 Å². The highest BCUT2D eigenvalue weighted by Crippen LogP contribution is 2.23. The normalized spacial score (nSPS) is 18.3. The minimum absolute atomic E-state index is 0.104. The van der Waals surface area contributed by atoms with Gasteiger partial charge in [-0.3, -0.25) is 10.1 Å². The fourth-order valence-electron chi connectivity index (χ4n) is 1.57. The maximum atomic E-state index is 14.0. The van der Waals surface area contributed by atoms with E-state index < -0.39 is 15.2 Å². The van der Waals surface area contributed by atoms with Gasteiger partial charge >= 0.3 is 0 Å². The molecule has 0 saturated carbocycles. The minimum atomic E-state index is -4.12. The molecule has 1 unspecified atom stereocenters. The zero-order valence-electron chi connectivity index (χ0n) is 10.7. The molecule has 112 valence electrons. The molecule has 2 heterocycles. The Morgan fingerprint density at radius 2 is 2.38 bits per heavy atom. The van der Waals surface area contributed by atoms with Gasteiger partial charge in [-0.05, 0) is 6.07 Å². The zero-order valence-corrected chi connectivity index (χ0v) is 11.5. The maximum absolute atomic E-state index is 14.0. The summed E-state index contributed by atoms with van der Waals surface area (Å²) < 4.78 is 35.3. The van der Waals surface area contributed by atoms with Gasteiger partial charge in [0.1, 0.15) is 12.8 Å². The largest absolute Gasteiger partial charge is 0.363 e. The maximum Gasteiger partial charge on any atom is 0.287 e. The number of nitrogens with zero attached hydrogens (tertiary/aromatic N) is 4. The number of nitro groups is 1. The van der Waals surface area contributed by atoms with Crippen molar-refractivity contribution in [2.45, 2.75) is 6.10 Å². The fourth-order valence-corrected chi connectivity index (χ4v) is 2.72. The molecule has 1 aromatic heterocycles. The van der Waals surface area contributed by atoms with Crippen LogP contribution in [0.4, 0.5) is 15.4 Å². The smallest absolute Gasteiger partial charge is 0.287 e. The first kappa shape index (κ1) is 15.3. The second-order valence-corrected chi connectivity index (χ2v) is 5.70. The fraction of sp³-hybridized carbons (Fsp3) is 0.364. The summed E-state index contributed by atoms with van der Waals surface area (Å²) in [4.78, 5) is 13.4. The van der Waals surface area contributed by atoms with Crippen LogP contribution in [0.5, 0.6) is 0 Å². The molecule has 0 aliphatic carbocycles. The van der Waals surface area contributed by atoms with Crippen LogP contribution in [0.25, 0.3) is 0 Å². The van der Waals surface area contributed by atoms with Gasteiger partial charge in [-0.15, -0.1) is 14.7 Å². The van der Waals surface area contributed by atoms with Crippen molar-refractivity contribution in [2.75, 3.05) is 19.7 Å². The summed E-state index contributed by atoms with van der Waals surface area (Å²) in [7, 11) is -4.12. The molecule has 1 aromatic rings. The van der Waals surface area contributed by atoms with Gasteiger partial charge in [-0.1, -0.05) is 5.92 Å². The third kappa shape index (κ3) is 3.72. The molecular formula is C11H11FN4O4S. The Hall–Kier alpha value is -2.09. The lowest BCUT2D eigenvalue weighted by molar-refractivity contribution is -0.385. The van der Waals surface area contributed by atoms with Gasteiger partial charge in [0, 0.05) is 19.2 Å². The van der Waals surface area contributed by atoms with Crippen LogP contribution in [-0.4, -0.2) is 44.2 Å². The van der Waals surface area contributed by atoms with Crippen molar-refractivity contribution >= 4 is 21.8 Å². The Bertz CT molecular complexity index is 687. The van der Waals surface area contributed by atoms with Crippen molar-refractivity contribution in [1.29, 1.82) is 0 Å². The van der Waals surface area contributed by atoms with Crippen molar-refractivity contribution in [1.82, 2.24) is 9.29 Å². The van der Waals surface area contributed by atoms with E-state index >= 15 is 0 Å². The Kier molecular flexibility index (Phi) is 4.46. The minimum Gasteiger partial charge on any atom is -0.363 e. The van der Waals surface area contributed by atoms with E-state index in [2.05, 4.69) is 15.3 Å². The molecule has 1 atom stereocenters. The van der Waals surface area contributed by atoms with E-state index in [0.717, 1.165) is 22.6 Å². The van der Waals surface area contributed by atoms with E-state index in [0.29, 0.717) is 0 Å².